The molecule has 0 spiro atoms. The lowest BCUT2D eigenvalue weighted by molar-refractivity contribution is -0.117. The van der Waals surface area contributed by atoms with Gasteiger partial charge in [0, 0.05) is 3.57 Å². The number of rotatable bonds is 2. The molecule has 2 heterocycles. The zero-order chi connectivity index (χ0) is 16.8. The molecule has 2 aliphatic rings. The third kappa shape index (κ3) is 2.36. The fourth-order valence-corrected chi connectivity index (χ4v) is 3.60. The molecule has 0 bridgehead atoms. The predicted molar refractivity (Wildman–Crippen MR) is 100 cm³/mol. The average molecular weight is 428 g/mol. The van der Waals surface area contributed by atoms with Crippen LogP contribution in [0.25, 0.3) is 11.4 Å². The largest absolute Gasteiger partial charge is 0.321 e. The monoisotopic (exact) mass is 428 g/mol. The summed E-state index contributed by atoms with van der Waals surface area (Å²) in [5, 5.41) is 5.73. The molecule has 118 valence electrons. The van der Waals surface area contributed by atoms with E-state index in [9.17, 15) is 9.59 Å². The van der Waals surface area contributed by atoms with Gasteiger partial charge in [0.2, 0.25) is 0 Å². The number of nitrogens with one attached hydrogen (secondary N) is 2. The summed E-state index contributed by atoms with van der Waals surface area (Å²) in [6.07, 6.45) is 0. The maximum absolute atomic E-state index is 12.5. The van der Waals surface area contributed by atoms with Crippen LogP contribution in [0.1, 0.15) is 16.7 Å². The summed E-state index contributed by atoms with van der Waals surface area (Å²) in [4.78, 5) is 25.1. The lowest BCUT2D eigenvalue weighted by Gasteiger charge is -2.08. The Bertz CT molecular complexity index is 893. The third-order valence-electron chi connectivity index (χ3n) is 4.10. The Kier molecular flexibility index (Phi) is 3.53. The van der Waals surface area contributed by atoms with Crippen LogP contribution in [0, 0.1) is 10.5 Å². The van der Waals surface area contributed by atoms with Crippen molar-refractivity contribution >= 4 is 45.8 Å². The molecule has 2 aromatic rings. The van der Waals surface area contributed by atoms with Crippen molar-refractivity contribution in [1.82, 2.24) is 10.6 Å². The smallest absolute Gasteiger partial charge is 0.258 e. The van der Waals surface area contributed by atoms with Crippen molar-refractivity contribution in [3.8, 4) is 0 Å². The number of carbonyl (C=O) groups is 2. The van der Waals surface area contributed by atoms with Gasteiger partial charge >= 0.3 is 0 Å². The normalized spacial score (nSPS) is 16.4. The van der Waals surface area contributed by atoms with Gasteiger partial charge in [0.25, 0.3) is 11.8 Å². The molecule has 5 heteroatoms. The van der Waals surface area contributed by atoms with Gasteiger partial charge in [0.15, 0.2) is 0 Å². The van der Waals surface area contributed by atoms with Crippen molar-refractivity contribution in [3.05, 3.63) is 79.9 Å². The number of fused-ring (bicyclic) bond motifs is 1. The number of hydrogen-bond donors (Lipinski definition) is 2. The third-order valence-corrected chi connectivity index (χ3v) is 4.77. The molecule has 2 N–H and O–H groups in total. The van der Waals surface area contributed by atoms with Gasteiger partial charge in [-0.25, -0.2) is 0 Å². The predicted octanol–water partition coefficient (Wildman–Crippen LogP) is 2.98. The molecule has 0 aliphatic carbocycles. The van der Waals surface area contributed by atoms with Crippen molar-refractivity contribution in [3.63, 3.8) is 0 Å². The number of aryl methyl sites for hydroxylation is 1. The van der Waals surface area contributed by atoms with Crippen LogP contribution in [-0.2, 0) is 9.59 Å². The second kappa shape index (κ2) is 5.59. The lowest BCUT2D eigenvalue weighted by atomic mass is 10.0. The Morgan fingerprint density at radius 2 is 1.33 bits per heavy atom. The molecular formula is C19H13IN2O2. The van der Waals surface area contributed by atoms with Crippen LogP contribution < -0.4 is 10.6 Å². The molecule has 0 atom stereocenters. The standard InChI is InChI=1S/C19H13IN2O2/c1-10-4-2-5-11(8-10)16-14-15(19(24)21-16)17(22-18(14)23)12-6-3-7-13(20)9-12/h2-9H,1H3,(H,21,24)(H,22,23). The van der Waals surface area contributed by atoms with Gasteiger partial charge in [0.1, 0.15) is 0 Å². The van der Waals surface area contributed by atoms with E-state index in [0.717, 1.165) is 20.3 Å². The van der Waals surface area contributed by atoms with E-state index < -0.39 is 0 Å². The van der Waals surface area contributed by atoms with E-state index in [1.807, 2.05) is 55.5 Å². The highest BCUT2D eigenvalue weighted by Gasteiger charge is 2.40. The second-order valence-corrected chi connectivity index (χ2v) is 7.03. The fraction of sp³-hybridized carbons (Fsp3) is 0.0526. The van der Waals surface area contributed by atoms with Crippen molar-refractivity contribution < 1.29 is 9.59 Å². The molecule has 0 saturated carbocycles. The lowest BCUT2D eigenvalue weighted by Crippen LogP contribution is -2.21. The summed E-state index contributed by atoms with van der Waals surface area (Å²) in [7, 11) is 0. The molecule has 2 amide bonds. The van der Waals surface area contributed by atoms with Crippen LogP contribution in [0.4, 0.5) is 0 Å². The first kappa shape index (κ1) is 15.1. The van der Waals surface area contributed by atoms with Crippen LogP contribution in [0.2, 0.25) is 0 Å². The molecule has 2 aliphatic heterocycles. The quantitative estimate of drug-likeness (QED) is 0.723. The highest BCUT2D eigenvalue weighted by molar-refractivity contribution is 14.1. The summed E-state index contributed by atoms with van der Waals surface area (Å²) >= 11 is 2.21. The number of benzene rings is 2. The molecule has 0 fully saturated rings. The minimum Gasteiger partial charge on any atom is -0.321 e. The topological polar surface area (TPSA) is 58.2 Å². The molecule has 0 aromatic heterocycles. The number of amides is 2. The molecule has 24 heavy (non-hydrogen) atoms. The first-order chi connectivity index (χ1) is 11.5. The van der Waals surface area contributed by atoms with E-state index >= 15 is 0 Å². The summed E-state index contributed by atoms with van der Waals surface area (Å²) < 4.78 is 1.04. The van der Waals surface area contributed by atoms with E-state index in [2.05, 4.69) is 33.2 Å². The van der Waals surface area contributed by atoms with Crippen LogP contribution in [0.15, 0.2) is 59.7 Å². The van der Waals surface area contributed by atoms with Gasteiger partial charge in [-0.2, -0.15) is 0 Å². The zero-order valence-electron chi connectivity index (χ0n) is 12.8. The molecule has 4 nitrogen and oxygen atoms in total. The Hall–Kier alpha value is -2.41. The minimum atomic E-state index is -0.242. The summed E-state index contributed by atoms with van der Waals surface area (Å²) in [6, 6.07) is 15.5. The second-order valence-electron chi connectivity index (χ2n) is 5.79. The maximum Gasteiger partial charge on any atom is 0.258 e. The fourth-order valence-electron chi connectivity index (χ4n) is 3.06. The Balaban J connectivity index is 1.92. The van der Waals surface area contributed by atoms with Crippen molar-refractivity contribution in [2.24, 2.45) is 0 Å². The van der Waals surface area contributed by atoms with Gasteiger partial charge in [0.05, 0.1) is 22.5 Å². The average Bonchev–Trinajstić information content (AvgIpc) is 3.07. The molecular weight excluding hydrogens is 415 g/mol. The Morgan fingerprint density at radius 3 is 1.88 bits per heavy atom. The maximum atomic E-state index is 12.5. The van der Waals surface area contributed by atoms with E-state index in [-0.39, 0.29) is 11.8 Å². The van der Waals surface area contributed by atoms with Crippen molar-refractivity contribution in [1.29, 1.82) is 0 Å². The van der Waals surface area contributed by atoms with E-state index in [1.54, 1.807) is 0 Å². The molecule has 0 unspecified atom stereocenters. The van der Waals surface area contributed by atoms with Crippen molar-refractivity contribution in [2.75, 3.05) is 0 Å². The molecule has 2 aromatic carbocycles. The van der Waals surface area contributed by atoms with Crippen LogP contribution in [0.3, 0.4) is 0 Å². The Labute approximate surface area is 152 Å². The molecule has 0 radical (unpaired) electrons. The Morgan fingerprint density at radius 1 is 0.792 bits per heavy atom. The number of halogens is 1. The minimum absolute atomic E-state index is 0.242. The van der Waals surface area contributed by atoms with E-state index in [4.69, 9.17) is 0 Å². The van der Waals surface area contributed by atoms with Crippen LogP contribution in [0.5, 0.6) is 0 Å². The van der Waals surface area contributed by atoms with Gasteiger partial charge in [-0.3, -0.25) is 9.59 Å². The van der Waals surface area contributed by atoms with E-state index in [0.29, 0.717) is 22.5 Å². The first-order valence-corrected chi connectivity index (χ1v) is 8.57. The van der Waals surface area contributed by atoms with E-state index in [1.165, 1.54) is 0 Å². The van der Waals surface area contributed by atoms with Gasteiger partial charge in [-0.05, 0) is 58.8 Å². The number of hydrogen-bond acceptors (Lipinski definition) is 2. The summed E-state index contributed by atoms with van der Waals surface area (Å²) in [6.45, 7) is 1.98. The van der Waals surface area contributed by atoms with Crippen molar-refractivity contribution in [2.45, 2.75) is 6.92 Å². The summed E-state index contributed by atoms with van der Waals surface area (Å²) in [5.41, 5.74) is 4.76. The zero-order valence-corrected chi connectivity index (χ0v) is 15.0. The van der Waals surface area contributed by atoms with Gasteiger partial charge in [-0.1, -0.05) is 35.9 Å². The first-order valence-electron chi connectivity index (χ1n) is 7.49. The number of carbonyl (C=O) groups excluding carboxylic acids is 2. The van der Waals surface area contributed by atoms with Gasteiger partial charge < -0.3 is 10.6 Å². The van der Waals surface area contributed by atoms with Crippen LogP contribution in [-0.4, -0.2) is 11.8 Å². The van der Waals surface area contributed by atoms with Gasteiger partial charge in [-0.15, -0.1) is 0 Å². The highest BCUT2D eigenvalue weighted by atomic mass is 127. The summed E-state index contributed by atoms with van der Waals surface area (Å²) in [5.74, 6) is -0.484. The SMILES string of the molecule is Cc1cccc(C2=C3C(=O)NC(c4cccc(I)c4)=C3C(=O)N2)c1. The highest BCUT2D eigenvalue weighted by Crippen LogP contribution is 2.37. The molecule has 0 saturated heterocycles. The van der Waals surface area contributed by atoms with Crippen LogP contribution >= 0.6 is 22.6 Å². The molecule has 4 rings (SSSR count).